The average molecular weight is 388 g/mol. The van der Waals surface area contributed by atoms with Gasteiger partial charge in [-0.3, -0.25) is 10.1 Å². The highest BCUT2D eigenvalue weighted by atomic mass is 32.1. The lowest BCUT2D eigenvalue weighted by Gasteiger charge is -2.34. The maximum atomic E-state index is 13.9. The third-order valence-corrected chi connectivity index (χ3v) is 5.18. The number of nitrogens with zero attached hydrogens (tertiary/aromatic N) is 1. The van der Waals surface area contributed by atoms with Gasteiger partial charge in [0.25, 0.3) is 11.8 Å². The van der Waals surface area contributed by atoms with Gasteiger partial charge in [-0.1, -0.05) is 24.3 Å². The quantitative estimate of drug-likeness (QED) is 0.707. The molecule has 8 heteroatoms. The summed E-state index contributed by atoms with van der Waals surface area (Å²) in [6.45, 7) is 0.656. The van der Waals surface area contributed by atoms with Gasteiger partial charge >= 0.3 is 0 Å². The lowest BCUT2D eigenvalue weighted by molar-refractivity contribution is -0.0416. The summed E-state index contributed by atoms with van der Waals surface area (Å²) < 4.78 is 27.8. The van der Waals surface area contributed by atoms with Crippen molar-refractivity contribution >= 4 is 28.8 Å². The number of nitrogens with one attached hydrogen (secondary N) is 3. The van der Waals surface area contributed by atoms with Gasteiger partial charge in [-0.15, -0.1) is 0 Å². The fraction of sp³-hybridized carbons (Fsp3) is 0.316. The Hall–Kier alpha value is -2.54. The summed E-state index contributed by atoms with van der Waals surface area (Å²) >= 11 is 4.94. The predicted octanol–water partition coefficient (Wildman–Crippen LogP) is 3.26. The molecule has 0 bridgehead atoms. The third-order valence-electron chi connectivity index (χ3n) is 4.98. The van der Waals surface area contributed by atoms with Crippen LogP contribution in [0.15, 0.2) is 42.3 Å². The molecule has 2 aliphatic heterocycles. The summed E-state index contributed by atoms with van der Waals surface area (Å²) in [6, 6.07) is 8.87. The summed E-state index contributed by atoms with van der Waals surface area (Å²) in [4.78, 5) is 16.9. The summed E-state index contributed by atoms with van der Waals surface area (Å²) in [7, 11) is 0. The van der Waals surface area contributed by atoms with Crippen LogP contribution in [0.2, 0.25) is 0 Å². The number of H-pyrrole nitrogens is 1. The normalized spacial score (nSPS) is 21.4. The van der Waals surface area contributed by atoms with Crippen LogP contribution >= 0.6 is 12.2 Å². The molecule has 1 aromatic heterocycles. The van der Waals surface area contributed by atoms with Crippen LogP contribution < -0.4 is 15.5 Å². The largest absolute Gasteiger partial charge is 0.355 e. The third kappa shape index (κ3) is 3.39. The number of carbonyl (C=O) groups excluding carboxylic acids is 1. The standard InChI is InChI=1S/C19H18F2N4OS/c20-19(21)6-8-22-14(9-19)13-4-2-1-3-12(13)10-25-15-5-7-23-17(15)18(26)24-16(25)11-27/h1-5,7,14,22-23H,6,8-10H2,(H,24,26)/t14-/m1/s1. The molecule has 1 amide bonds. The first-order valence-electron chi connectivity index (χ1n) is 8.69. The van der Waals surface area contributed by atoms with E-state index in [0.29, 0.717) is 23.7 Å². The SMILES string of the molecule is O=C1NC(=C=S)N(Cc2ccccc2[C@H]2CC(F)(F)CCN2)c2cc[nH]c21. The number of aromatic amines is 1. The van der Waals surface area contributed by atoms with Crippen LogP contribution in [-0.2, 0) is 6.54 Å². The number of rotatable bonds is 3. The summed E-state index contributed by atoms with van der Waals surface area (Å²) in [5.41, 5.74) is 2.83. The fourth-order valence-corrected chi connectivity index (χ4v) is 3.84. The van der Waals surface area contributed by atoms with E-state index in [-0.39, 0.29) is 25.3 Å². The Balaban J connectivity index is 1.69. The van der Waals surface area contributed by atoms with Gasteiger partial charge < -0.3 is 15.2 Å². The van der Waals surface area contributed by atoms with Gasteiger partial charge in [0.05, 0.1) is 12.2 Å². The van der Waals surface area contributed by atoms with E-state index in [1.807, 2.05) is 29.2 Å². The van der Waals surface area contributed by atoms with Crippen LogP contribution in [0.4, 0.5) is 14.5 Å². The second kappa shape index (κ2) is 6.88. The van der Waals surface area contributed by atoms with Crippen molar-refractivity contribution in [3.05, 3.63) is 59.2 Å². The number of carbonyl (C=O) groups is 1. The molecule has 140 valence electrons. The first-order chi connectivity index (χ1) is 13.0. The first-order valence-corrected chi connectivity index (χ1v) is 9.10. The predicted molar refractivity (Wildman–Crippen MR) is 102 cm³/mol. The van der Waals surface area contributed by atoms with Gasteiger partial charge in [0, 0.05) is 31.6 Å². The highest BCUT2D eigenvalue weighted by Gasteiger charge is 2.37. The molecule has 2 aromatic rings. The molecule has 1 saturated heterocycles. The summed E-state index contributed by atoms with van der Waals surface area (Å²) in [5, 5.41) is 8.50. The monoisotopic (exact) mass is 388 g/mol. The zero-order valence-corrected chi connectivity index (χ0v) is 15.2. The van der Waals surface area contributed by atoms with Gasteiger partial charge in [-0.2, -0.15) is 0 Å². The van der Waals surface area contributed by atoms with Crippen molar-refractivity contribution < 1.29 is 13.6 Å². The molecule has 27 heavy (non-hydrogen) atoms. The number of amides is 1. The zero-order valence-electron chi connectivity index (χ0n) is 14.4. The lowest BCUT2D eigenvalue weighted by atomic mass is 9.91. The minimum atomic E-state index is -2.67. The van der Waals surface area contributed by atoms with E-state index in [9.17, 15) is 13.6 Å². The van der Waals surface area contributed by atoms with E-state index in [1.54, 1.807) is 12.3 Å². The molecule has 5 nitrogen and oxygen atoms in total. The number of thiocarbonyl (C=S) groups is 1. The van der Waals surface area contributed by atoms with Crippen LogP contribution in [0.1, 0.15) is 40.5 Å². The number of aromatic nitrogens is 1. The molecule has 1 atom stereocenters. The zero-order chi connectivity index (χ0) is 19.0. The van der Waals surface area contributed by atoms with Crippen LogP contribution in [-0.4, -0.2) is 28.4 Å². The van der Waals surface area contributed by atoms with Crippen molar-refractivity contribution in [3.8, 4) is 0 Å². The van der Waals surface area contributed by atoms with E-state index >= 15 is 0 Å². The number of benzene rings is 1. The number of halogens is 2. The minimum Gasteiger partial charge on any atom is -0.355 e. The van der Waals surface area contributed by atoms with E-state index in [2.05, 4.69) is 20.6 Å². The Kier molecular flexibility index (Phi) is 4.55. The molecule has 1 fully saturated rings. The highest BCUT2D eigenvalue weighted by molar-refractivity contribution is 7.78. The smallest absolute Gasteiger partial charge is 0.275 e. The molecule has 3 N–H and O–H groups in total. The van der Waals surface area contributed by atoms with Crippen LogP contribution in [0, 0.1) is 0 Å². The molecule has 0 unspecified atom stereocenters. The van der Waals surface area contributed by atoms with Crippen molar-refractivity contribution in [2.45, 2.75) is 31.4 Å². The summed E-state index contributed by atoms with van der Waals surface area (Å²) in [5.74, 6) is -2.57. The van der Waals surface area contributed by atoms with Crippen molar-refractivity contribution in [2.24, 2.45) is 0 Å². The van der Waals surface area contributed by atoms with Crippen LogP contribution in [0.25, 0.3) is 0 Å². The molecule has 2 aliphatic rings. The van der Waals surface area contributed by atoms with E-state index < -0.39 is 12.0 Å². The van der Waals surface area contributed by atoms with Gasteiger partial charge in [0.15, 0.2) is 5.82 Å². The molecule has 1 aromatic carbocycles. The van der Waals surface area contributed by atoms with Gasteiger partial charge in [-0.25, -0.2) is 8.78 Å². The van der Waals surface area contributed by atoms with Gasteiger partial charge in [0.1, 0.15) is 5.69 Å². The molecule has 0 spiro atoms. The second-order valence-corrected chi connectivity index (χ2v) is 6.95. The molecule has 0 radical (unpaired) electrons. The van der Waals surface area contributed by atoms with Crippen molar-refractivity contribution in [1.82, 2.24) is 15.6 Å². The molecule has 0 saturated carbocycles. The minimum absolute atomic E-state index is 0.145. The van der Waals surface area contributed by atoms with Crippen LogP contribution in [0.5, 0.6) is 0 Å². The number of alkyl halides is 2. The lowest BCUT2D eigenvalue weighted by Crippen LogP contribution is -2.42. The van der Waals surface area contributed by atoms with Gasteiger partial charge in [0.2, 0.25) is 0 Å². The van der Waals surface area contributed by atoms with Crippen molar-refractivity contribution in [1.29, 1.82) is 0 Å². The first kappa shape index (κ1) is 17.9. The Morgan fingerprint density at radius 1 is 1.30 bits per heavy atom. The Morgan fingerprint density at radius 2 is 2.11 bits per heavy atom. The molecule has 3 heterocycles. The number of hydrogen-bond donors (Lipinski definition) is 3. The number of hydrogen-bond acceptors (Lipinski definition) is 4. The van der Waals surface area contributed by atoms with E-state index in [1.165, 1.54) is 0 Å². The highest BCUT2D eigenvalue weighted by Crippen LogP contribution is 2.36. The average Bonchev–Trinajstić information content (AvgIpc) is 3.14. The molecular weight excluding hydrogens is 370 g/mol. The summed E-state index contributed by atoms with van der Waals surface area (Å²) in [6.07, 6.45) is 1.30. The molecular formula is C19H18F2N4OS. The maximum Gasteiger partial charge on any atom is 0.275 e. The Bertz CT molecular complexity index is 935. The van der Waals surface area contributed by atoms with Crippen molar-refractivity contribution in [3.63, 3.8) is 0 Å². The fourth-order valence-electron chi connectivity index (χ4n) is 3.68. The Morgan fingerprint density at radius 3 is 2.89 bits per heavy atom. The van der Waals surface area contributed by atoms with Gasteiger partial charge in [-0.05, 0) is 34.4 Å². The van der Waals surface area contributed by atoms with E-state index in [4.69, 9.17) is 12.2 Å². The molecule has 4 rings (SSSR count). The topological polar surface area (TPSA) is 60.2 Å². The molecule has 0 aliphatic carbocycles. The Labute approximate surface area is 160 Å². The maximum absolute atomic E-state index is 13.9. The van der Waals surface area contributed by atoms with Crippen molar-refractivity contribution in [2.75, 3.05) is 11.4 Å². The van der Waals surface area contributed by atoms with E-state index in [0.717, 1.165) is 11.1 Å². The number of anilines is 1. The number of fused-ring (bicyclic) bond motifs is 1. The number of piperidine rings is 1. The van der Waals surface area contributed by atoms with Crippen LogP contribution in [0.3, 0.4) is 0 Å². The second-order valence-electron chi connectivity index (χ2n) is 6.74.